The third-order valence-electron chi connectivity index (χ3n) is 5.90. The van der Waals surface area contributed by atoms with Gasteiger partial charge in [0.25, 0.3) is 0 Å². The van der Waals surface area contributed by atoms with Gasteiger partial charge in [-0.2, -0.15) is 13.2 Å². The SMILES string of the molecule is COC(C)(C=C(C)C(=O)NC1CCN(C)CC1)C(Nc1ncc(C(F)(F)F)cn1)C(C)C. The highest BCUT2D eigenvalue weighted by Gasteiger charge is 2.37. The molecule has 2 rings (SSSR count). The lowest BCUT2D eigenvalue weighted by atomic mass is 9.85. The minimum absolute atomic E-state index is 0.00756. The van der Waals surface area contributed by atoms with Crippen LogP contribution in [0.25, 0.3) is 0 Å². The van der Waals surface area contributed by atoms with Crippen LogP contribution in [-0.4, -0.2) is 65.7 Å². The summed E-state index contributed by atoms with van der Waals surface area (Å²) in [6, 6.07) is -0.272. The second-order valence-electron chi connectivity index (χ2n) is 8.93. The molecule has 0 radical (unpaired) electrons. The Bertz CT molecular complexity index is 790. The number of hydrogen-bond acceptors (Lipinski definition) is 6. The fourth-order valence-corrected chi connectivity index (χ4v) is 3.88. The highest BCUT2D eigenvalue weighted by Crippen LogP contribution is 2.30. The number of carbonyl (C=O) groups is 1. The zero-order chi connectivity index (χ0) is 24.1. The molecular weight excluding hydrogens is 423 g/mol. The molecule has 0 aromatic carbocycles. The number of amides is 1. The van der Waals surface area contributed by atoms with Crippen LogP contribution in [0.1, 0.15) is 46.1 Å². The van der Waals surface area contributed by atoms with Crippen molar-refractivity contribution >= 4 is 11.9 Å². The first-order valence-corrected chi connectivity index (χ1v) is 10.8. The lowest BCUT2D eigenvalue weighted by Gasteiger charge is -2.38. The molecule has 2 unspecified atom stereocenters. The number of nitrogens with zero attached hydrogens (tertiary/aromatic N) is 3. The number of ether oxygens (including phenoxy) is 1. The van der Waals surface area contributed by atoms with E-state index in [-0.39, 0.29) is 23.8 Å². The Morgan fingerprint density at radius 2 is 1.81 bits per heavy atom. The zero-order valence-corrected chi connectivity index (χ0v) is 19.6. The van der Waals surface area contributed by atoms with E-state index in [9.17, 15) is 18.0 Å². The monoisotopic (exact) mass is 457 g/mol. The largest absolute Gasteiger partial charge is 0.419 e. The van der Waals surface area contributed by atoms with Gasteiger partial charge in [-0.1, -0.05) is 13.8 Å². The molecule has 1 fully saturated rings. The van der Waals surface area contributed by atoms with Crippen LogP contribution in [0.4, 0.5) is 19.1 Å². The summed E-state index contributed by atoms with van der Waals surface area (Å²) < 4.78 is 44.2. The molecular formula is C22H34F3N5O2. The smallest absolute Gasteiger partial charge is 0.372 e. The molecule has 1 aromatic heterocycles. The van der Waals surface area contributed by atoms with Gasteiger partial charge >= 0.3 is 6.18 Å². The van der Waals surface area contributed by atoms with Crippen molar-refractivity contribution in [2.24, 2.45) is 5.92 Å². The van der Waals surface area contributed by atoms with E-state index in [1.165, 1.54) is 7.11 Å². The van der Waals surface area contributed by atoms with Crippen molar-refractivity contribution in [3.63, 3.8) is 0 Å². The number of likely N-dealkylation sites (tertiary alicyclic amines) is 1. The quantitative estimate of drug-likeness (QED) is 0.582. The first kappa shape index (κ1) is 26.1. The van der Waals surface area contributed by atoms with Gasteiger partial charge in [-0.05, 0) is 58.8 Å². The summed E-state index contributed by atoms with van der Waals surface area (Å²) in [6.07, 6.45) is 0.536. The molecule has 0 aliphatic carbocycles. The molecule has 1 aliphatic rings. The number of methoxy groups -OCH3 is 1. The van der Waals surface area contributed by atoms with Crippen LogP contribution >= 0.6 is 0 Å². The number of nitrogens with one attached hydrogen (secondary N) is 2. The Hall–Kier alpha value is -2.20. The van der Waals surface area contributed by atoms with Crippen LogP contribution in [0.15, 0.2) is 24.0 Å². The van der Waals surface area contributed by atoms with Crippen molar-refractivity contribution in [1.29, 1.82) is 0 Å². The van der Waals surface area contributed by atoms with Gasteiger partial charge < -0.3 is 20.3 Å². The van der Waals surface area contributed by atoms with Gasteiger partial charge in [0.1, 0.15) is 5.60 Å². The fourth-order valence-electron chi connectivity index (χ4n) is 3.88. The number of rotatable bonds is 8. The maximum atomic E-state index is 12.8. The van der Waals surface area contributed by atoms with Gasteiger partial charge in [-0.15, -0.1) is 0 Å². The van der Waals surface area contributed by atoms with Crippen LogP contribution in [0.3, 0.4) is 0 Å². The highest BCUT2D eigenvalue weighted by atomic mass is 19.4. The Balaban J connectivity index is 2.16. The summed E-state index contributed by atoms with van der Waals surface area (Å²) in [5.74, 6) is -0.107. The lowest BCUT2D eigenvalue weighted by molar-refractivity contribution is -0.138. The molecule has 0 saturated carbocycles. The molecule has 10 heteroatoms. The van der Waals surface area contributed by atoms with Gasteiger partial charge in [0.15, 0.2) is 0 Å². The Morgan fingerprint density at radius 1 is 1.25 bits per heavy atom. The molecule has 2 atom stereocenters. The van der Waals surface area contributed by atoms with Crippen LogP contribution in [0.2, 0.25) is 0 Å². The maximum Gasteiger partial charge on any atom is 0.419 e. The average Bonchev–Trinajstić information content (AvgIpc) is 2.72. The molecule has 2 heterocycles. The highest BCUT2D eigenvalue weighted by molar-refractivity contribution is 5.93. The van der Waals surface area contributed by atoms with E-state index < -0.39 is 23.4 Å². The van der Waals surface area contributed by atoms with Crippen LogP contribution in [0.5, 0.6) is 0 Å². The predicted molar refractivity (Wildman–Crippen MR) is 117 cm³/mol. The van der Waals surface area contributed by atoms with Crippen LogP contribution < -0.4 is 10.6 Å². The molecule has 1 aromatic rings. The van der Waals surface area contributed by atoms with Crippen LogP contribution in [-0.2, 0) is 15.7 Å². The minimum atomic E-state index is -4.50. The Kier molecular flexibility index (Phi) is 8.64. The molecule has 32 heavy (non-hydrogen) atoms. The van der Waals surface area contributed by atoms with Crippen molar-refractivity contribution in [2.45, 2.75) is 64.4 Å². The first-order chi connectivity index (χ1) is 14.9. The van der Waals surface area contributed by atoms with Gasteiger partial charge in [0, 0.05) is 31.1 Å². The number of anilines is 1. The minimum Gasteiger partial charge on any atom is -0.372 e. The van der Waals surface area contributed by atoms with E-state index in [1.54, 1.807) is 13.0 Å². The van der Waals surface area contributed by atoms with Crippen molar-refractivity contribution in [3.8, 4) is 0 Å². The van der Waals surface area contributed by atoms with E-state index in [2.05, 4.69) is 32.5 Å². The standard InChI is InChI=1S/C22H34F3N5O2/c1-14(2)18(29-20-26-12-16(13-27-20)22(23,24)25)21(4,32-6)11-15(3)19(31)28-17-7-9-30(5)10-8-17/h11-14,17-18H,7-10H2,1-6H3,(H,28,31)(H,26,27,29). The number of piperidine rings is 1. The van der Waals surface area contributed by atoms with E-state index in [1.807, 2.05) is 20.8 Å². The number of halogens is 3. The van der Waals surface area contributed by atoms with Crippen LogP contribution in [0, 0.1) is 5.92 Å². The molecule has 0 spiro atoms. The summed E-state index contributed by atoms with van der Waals surface area (Å²) in [7, 11) is 3.59. The maximum absolute atomic E-state index is 12.8. The summed E-state index contributed by atoms with van der Waals surface area (Å²) >= 11 is 0. The van der Waals surface area contributed by atoms with Crippen molar-refractivity contribution in [2.75, 3.05) is 32.6 Å². The molecule has 1 aliphatic heterocycles. The van der Waals surface area contributed by atoms with E-state index in [4.69, 9.17) is 4.74 Å². The van der Waals surface area contributed by atoms with E-state index in [0.29, 0.717) is 5.57 Å². The topological polar surface area (TPSA) is 79.4 Å². The number of carbonyl (C=O) groups excluding carboxylic acids is 1. The zero-order valence-electron chi connectivity index (χ0n) is 19.6. The number of hydrogen-bond donors (Lipinski definition) is 2. The normalized spacial score (nSPS) is 19.5. The second kappa shape index (κ2) is 10.6. The van der Waals surface area contributed by atoms with Gasteiger partial charge in [0.05, 0.1) is 11.6 Å². The van der Waals surface area contributed by atoms with Crippen molar-refractivity contribution in [1.82, 2.24) is 20.2 Å². The first-order valence-electron chi connectivity index (χ1n) is 10.8. The van der Waals surface area contributed by atoms with E-state index >= 15 is 0 Å². The molecule has 0 bridgehead atoms. The molecule has 1 saturated heterocycles. The second-order valence-corrected chi connectivity index (χ2v) is 8.93. The Labute approximate surface area is 187 Å². The van der Waals surface area contributed by atoms with Crippen molar-refractivity contribution in [3.05, 3.63) is 29.6 Å². The summed E-state index contributed by atoms with van der Waals surface area (Å²) in [6.45, 7) is 9.32. The fraction of sp³-hybridized carbons (Fsp3) is 0.682. The predicted octanol–water partition coefficient (Wildman–Crippen LogP) is 3.49. The molecule has 7 nitrogen and oxygen atoms in total. The average molecular weight is 458 g/mol. The Morgan fingerprint density at radius 3 is 2.28 bits per heavy atom. The number of alkyl halides is 3. The van der Waals surface area contributed by atoms with Gasteiger partial charge in [-0.25, -0.2) is 9.97 Å². The molecule has 1 amide bonds. The summed E-state index contributed by atoms with van der Waals surface area (Å²) in [4.78, 5) is 22.6. The summed E-state index contributed by atoms with van der Waals surface area (Å²) in [5, 5.41) is 6.17. The number of aromatic nitrogens is 2. The third kappa shape index (κ3) is 6.90. The molecule has 2 N–H and O–H groups in total. The van der Waals surface area contributed by atoms with Gasteiger partial charge in [0.2, 0.25) is 11.9 Å². The summed E-state index contributed by atoms with van der Waals surface area (Å²) in [5.41, 5.74) is -1.34. The van der Waals surface area contributed by atoms with Gasteiger partial charge in [-0.3, -0.25) is 4.79 Å². The lowest BCUT2D eigenvalue weighted by Crippen LogP contribution is -2.49. The van der Waals surface area contributed by atoms with E-state index in [0.717, 1.165) is 38.3 Å². The third-order valence-corrected chi connectivity index (χ3v) is 5.90. The van der Waals surface area contributed by atoms with Crippen molar-refractivity contribution < 1.29 is 22.7 Å². The molecule has 180 valence electrons.